The molecule has 2 N–H and O–H groups in total. The van der Waals surface area contributed by atoms with Gasteiger partial charge in [-0.05, 0) is 89.4 Å². The minimum Gasteiger partial charge on any atom is -0.337 e. The highest BCUT2D eigenvalue weighted by atomic mass is 35.5. The van der Waals surface area contributed by atoms with Gasteiger partial charge in [-0.2, -0.15) is 0 Å². The minimum absolute atomic E-state index is 0. The Morgan fingerprint density at radius 2 is 1.72 bits per heavy atom. The first-order chi connectivity index (χ1) is 13.0. The fourth-order valence-electron chi connectivity index (χ4n) is 4.40. The number of carbonyl (C=O) groups is 1. The highest BCUT2D eigenvalue weighted by Gasteiger charge is 2.29. The van der Waals surface area contributed by atoms with E-state index in [2.05, 4.69) is 21.8 Å². The van der Waals surface area contributed by atoms with Crippen molar-refractivity contribution in [2.75, 3.05) is 39.8 Å². The van der Waals surface area contributed by atoms with Gasteiger partial charge in [0.25, 0.3) is 0 Å². The molecule has 0 saturated carbocycles. The lowest BCUT2D eigenvalue weighted by Crippen LogP contribution is -2.49. The molecule has 0 bridgehead atoms. The third-order valence-electron chi connectivity index (χ3n) is 6.16. The molecule has 6 nitrogen and oxygen atoms in total. The summed E-state index contributed by atoms with van der Waals surface area (Å²) < 4.78 is 0. The van der Waals surface area contributed by atoms with Crippen LogP contribution in [-0.2, 0) is 11.3 Å². The molecule has 0 aromatic carbocycles. The molecule has 1 aromatic rings. The number of nitrogens with zero attached hydrogens (tertiary/aromatic N) is 4. The zero-order valence-electron chi connectivity index (χ0n) is 17.7. The lowest BCUT2D eigenvalue weighted by molar-refractivity contribution is -0.133. The quantitative estimate of drug-likeness (QED) is 0.727. The summed E-state index contributed by atoms with van der Waals surface area (Å²) in [6.07, 6.45) is 8.49. The normalized spacial score (nSPS) is 20.4. The molecule has 1 aromatic heterocycles. The van der Waals surface area contributed by atoms with E-state index in [0.717, 1.165) is 31.2 Å². The molecular weight excluding hydrogens is 409 g/mol. The molecule has 2 aliphatic rings. The number of rotatable bonds is 6. The second-order valence-electron chi connectivity index (χ2n) is 8.38. The first-order valence-electron chi connectivity index (χ1n) is 10.4. The average molecular weight is 446 g/mol. The van der Waals surface area contributed by atoms with Crippen LogP contribution in [0.3, 0.4) is 0 Å². The topological polar surface area (TPSA) is 65.7 Å². The van der Waals surface area contributed by atoms with Crippen molar-refractivity contribution >= 4 is 30.7 Å². The number of aromatic nitrogens is 1. The van der Waals surface area contributed by atoms with E-state index in [1.807, 2.05) is 17.0 Å². The van der Waals surface area contributed by atoms with Gasteiger partial charge in [-0.1, -0.05) is 0 Å². The molecule has 3 rings (SSSR count). The van der Waals surface area contributed by atoms with Crippen LogP contribution in [0.15, 0.2) is 24.5 Å². The molecular formula is C21H37Cl2N5O. The molecule has 2 fully saturated rings. The molecule has 3 heterocycles. The molecule has 166 valence electrons. The number of pyridine rings is 1. The van der Waals surface area contributed by atoms with E-state index >= 15 is 0 Å². The molecule has 0 aliphatic carbocycles. The van der Waals surface area contributed by atoms with Crippen LogP contribution < -0.4 is 5.73 Å². The van der Waals surface area contributed by atoms with Crippen molar-refractivity contribution in [2.45, 2.75) is 51.2 Å². The smallest absolute Gasteiger partial charge is 0.239 e. The number of hydrogen-bond donors (Lipinski definition) is 1. The predicted molar refractivity (Wildman–Crippen MR) is 123 cm³/mol. The summed E-state index contributed by atoms with van der Waals surface area (Å²) in [4.78, 5) is 23.8. The van der Waals surface area contributed by atoms with Gasteiger partial charge in [0.2, 0.25) is 5.91 Å². The van der Waals surface area contributed by atoms with Crippen molar-refractivity contribution in [1.29, 1.82) is 0 Å². The molecule has 2 aliphatic heterocycles. The van der Waals surface area contributed by atoms with Crippen LogP contribution >= 0.6 is 24.8 Å². The van der Waals surface area contributed by atoms with E-state index in [-0.39, 0.29) is 30.7 Å². The molecule has 1 amide bonds. The van der Waals surface area contributed by atoms with Gasteiger partial charge in [0.1, 0.15) is 0 Å². The van der Waals surface area contributed by atoms with Crippen LogP contribution in [0, 0.1) is 5.92 Å². The van der Waals surface area contributed by atoms with Crippen molar-refractivity contribution < 1.29 is 4.79 Å². The fourth-order valence-corrected chi connectivity index (χ4v) is 4.40. The number of hydrogen-bond acceptors (Lipinski definition) is 5. The number of likely N-dealkylation sites (tertiary alicyclic amines) is 2. The largest absolute Gasteiger partial charge is 0.337 e. The Bertz CT molecular complexity index is 588. The van der Waals surface area contributed by atoms with Gasteiger partial charge in [0.05, 0.1) is 6.04 Å². The summed E-state index contributed by atoms with van der Waals surface area (Å²) in [5.74, 6) is 0.613. The highest BCUT2D eigenvalue weighted by Crippen LogP contribution is 2.25. The number of halogens is 2. The van der Waals surface area contributed by atoms with Crippen molar-refractivity contribution in [1.82, 2.24) is 19.7 Å². The Labute approximate surface area is 188 Å². The average Bonchev–Trinajstić information content (AvgIpc) is 2.69. The van der Waals surface area contributed by atoms with Gasteiger partial charge in [-0.25, -0.2) is 0 Å². The van der Waals surface area contributed by atoms with Gasteiger partial charge in [0, 0.05) is 31.5 Å². The van der Waals surface area contributed by atoms with Crippen LogP contribution in [-0.4, -0.2) is 77.4 Å². The van der Waals surface area contributed by atoms with Crippen LogP contribution in [0.1, 0.15) is 38.2 Å². The molecule has 1 atom stereocenters. The standard InChI is InChI=1S/C21H35N5O.2ClH/c1-17(22)21(27)26(15-18-3-9-23-10-4-18)16-19-5-13-25(14-6-19)20-7-11-24(2)12-8-20;;/h3-4,9-10,17,19-20H,5-8,11-16,22H2,1-2H3;2*1H/t17-;;/m1../s1. The minimum atomic E-state index is -0.453. The monoisotopic (exact) mass is 445 g/mol. The van der Waals surface area contributed by atoms with E-state index in [1.54, 1.807) is 19.3 Å². The van der Waals surface area contributed by atoms with Crippen molar-refractivity contribution in [3.63, 3.8) is 0 Å². The van der Waals surface area contributed by atoms with Gasteiger partial charge < -0.3 is 20.4 Å². The van der Waals surface area contributed by atoms with E-state index in [0.29, 0.717) is 12.5 Å². The molecule has 0 unspecified atom stereocenters. The SMILES string of the molecule is C[C@@H](N)C(=O)N(Cc1ccncc1)CC1CCN(C2CCN(C)CC2)CC1.Cl.Cl. The summed E-state index contributed by atoms with van der Waals surface area (Å²) in [7, 11) is 2.22. The summed E-state index contributed by atoms with van der Waals surface area (Å²) >= 11 is 0. The fraction of sp³-hybridized carbons (Fsp3) is 0.714. The molecule has 8 heteroatoms. The van der Waals surface area contributed by atoms with E-state index < -0.39 is 6.04 Å². The van der Waals surface area contributed by atoms with Crippen molar-refractivity contribution in [3.05, 3.63) is 30.1 Å². The maximum absolute atomic E-state index is 12.6. The second-order valence-corrected chi connectivity index (χ2v) is 8.38. The van der Waals surface area contributed by atoms with Gasteiger partial charge in [-0.15, -0.1) is 24.8 Å². The number of piperidine rings is 2. The van der Waals surface area contributed by atoms with E-state index in [4.69, 9.17) is 5.73 Å². The first kappa shape index (κ1) is 26.1. The lowest BCUT2D eigenvalue weighted by Gasteiger charge is -2.42. The van der Waals surface area contributed by atoms with E-state index in [1.165, 1.54) is 38.8 Å². The Hall–Kier alpha value is -0.920. The van der Waals surface area contributed by atoms with E-state index in [9.17, 15) is 4.79 Å². The summed E-state index contributed by atoms with van der Waals surface area (Å²) in [5, 5.41) is 0. The zero-order chi connectivity index (χ0) is 19.2. The Morgan fingerprint density at radius 3 is 2.28 bits per heavy atom. The Balaban J connectivity index is 0.00000210. The second kappa shape index (κ2) is 12.7. The number of nitrogens with two attached hydrogens (primary N) is 1. The molecule has 2 saturated heterocycles. The first-order valence-corrected chi connectivity index (χ1v) is 10.4. The van der Waals surface area contributed by atoms with Gasteiger partial charge in [-0.3, -0.25) is 9.78 Å². The molecule has 0 spiro atoms. The maximum Gasteiger partial charge on any atom is 0.239 e. The van der Waals surface area contributed by atoms with Crippen LogP contribution in [0.2, 0.25) is 0 Å². The zero-order valence-corrected chi connectivity index (χ0v) is 19.3. The van der Waals surface area contributed by atoms with Crippen molar-refractivity contribution in [3.8, 4) is 0 Å². The maximum atomic E-state index is 12.6. The Kier molecular flexibility index (Phi) is 11.4. The van der Waals surface area contributed by atoms with Crippen LogP contribution in [0.25, 0.3) is 0 Å². The number of carbonyl (C=O) groups excluding carboxylic acids is 1. The van der Waals surface area contributed by atoms with Gasteiger partial charge in [0.15, 0.2) is 0 Å². The highest BCUT2D eigenvalue weighted by molar-refractivity contribution is 5.85. The Morgan fingerprint density at radius 1 is 1.14 bits per heavy atom. The van der Waals surface area contributed by atoms with Crippen LogP contribution in [0.5, 0.6) is 0 Å². The number of amides is 1. The lowest BCUT2D eigenvalue weighted by atomic mass is 9.92. The third-order valence-corrected chi connectivity index (χ3v) is 6.16. The van der Waals surface area contributed by atoms with Crippen molar-refractivity contribution in [2.24, 2.45) is 11.7 Å². The summed E-state index contributed by atoms with van der Waals surface area (Å²) in [6, 6.07) is 4.25. The summed E-state index contributed by atoms with van der Waals surface area (Å²) in [6.45, 7) is 7.97. The molecule has 29 heavy (non-hydrogen) atoms. The molecule has 0 radical (unpaired) electrons. The summed E-state index contributed by atoms with van der Waals surface area (Å²) in [5.41, 5.74) is 7.02. The predicted octanol–water partition coefficient (Wildman–Crippen LogP) is 2.41. The van der Waals surface area contributed by atoms with Gasteiger partial charge >= 0.3 is 0 Å². The third kappa shape index (κ3) is 7.68. The van der Waals surface area contributed by atoms with Crippen LogP contribution in [0.4, 0.5) is 0 Å².